The van der Waals surface area contributed by atoms with E-state index >= 15 is 0 Å². The number of esters is 1. The number of hydrogen-bond acceptors (Lipinski definition) is 9. The maximum Gasteiger partial charge on any atom is 0.350 e. The molecule has 0 aliphatic heterocycles. The van der Waals surface area contributed by atoms with Crippen LogP contribution in [0.4, 0.5) is 11.4 Å². The third-order valence-electron chi connectivity index (χ3n) is 6.40. The van der Waals surface area contributed by atoms with Crippen LogP contribution in [0.2, 0.25) is 0 Å². The molecule has 1 unspecified atom stereocenters. The number of ketones is 1. The molecule has 218 valence electrons. The summed E-state index contributed by atoms with van der Waals surface area (Å²) in [4.78, 5) is 54.0. The van der Waals surface area contributed by atoms with Gasteiger partial charge in [-0.05, 0) is 62.6 Å². The number of thiophene rings is 2. The molecule has 0 aromatic carbocycles. The number of ether oxygens (including phenoxy) is 1. The first-order valence-electron chi connectivity index (χ1n) is 12.5. The van der Waals surface area contributed by atoms with E-state index in [1.54, 1.807) is 24.6 Å². The minimum atomic E-state index is -2.11. The molecule has 2 aromatic rings. The molecule has 0 aliphatic carbocycles. The topological polar surface area (TPSA) is 158 Å². The number of nitrogens with one attached hydrogen (secondary N) is 2. The van der Waals surface area contributed by atoms with Crippen molar-refractivity contribution in [3.05, 3.63) is 38.2 Å². The highest BCUT2D eigenvalue weighted by Gasteiger charge is 2.48. The van der Waals surface area contributed by atoms with Crippen molar-refractivity contribution in [2.24, 2.45) is 0 Å². The van der Waals surface area contributed by atoms with Gasteiger partial charge in [0.2, 0.25) is 0 Å². The third-order valence-corrected chi connectivity index (χ3v) is 14.0. The van der Waals surface area contributed by atoms with Crippen molar-refractivity contribution in [1.82, 2.24) is 0 Å². The summed E-state index contributed by atoms with van der Waals surface area (Å²) in [6.45, 7) is 11.7. The smallest absolute Gasteiger partial charge is 0.350 e. The maximum atomic E-state index is 13.5. The molecule has 0 spiro atoms. The predicted octanol–water partition coefficient (Wildman–Crippen LogP) is 4.34. The van der Waals surface area contributed by atoms with Crippen LogP contribution in [0.25, 0.3) is 0 Å². The fraction of sp³-hybridized carbons (Fsp3) is 0.500. The molecule has 0 fully saturated rings. The van der Waals surface area contributed by atoms with Crippen LogP contribution in [0.1, 0.15) is 64.6 Å². The number of aryl methyl sites for hydroxylation is 2. The monoisotopic (exact) mass is 602 g/mol. The molecule has 0 radical (unpaired) electrons. The van der Waals surface area contributed by atoms with Crippen LogP contribution in [0, 0.1) is 20.5 Å². The first-order chi connectivity index (χ1) is 18.5. The van der Waals surface area contributed by atoms with Gasteiger partial charge >= 0.3 is 5.97 Å². The highest BCUT2D eigenvalue weighted by Crippen LogP contribution is 2.63. The zero-order valence-corrected chi connectivity index (χ0v) is 26.0. The average Bonchev–Trinajstić information content (AvgIpc) is 3.48. The van der Waals surface area contributed by atoms with Crippen LogP contribution in [-0.4, -0.2) is 71.4 Å². The van der Waals surface area contributed by atoms with Crippen molar-refractivity contribution in [3.63, 3.8) is 0 Å². The molecule has 2 heterocycles. The zero-order valence-electron chi connectivity index (χ0n) is 23.5. The Morgan fingerprint density at radius 1 is 1.05 bits per heavy atom. The van der Waals surface area contributed by atoms with E-state index in [2.05, 4.69) is 15.5 Å². The predicted molar refractivity (Wildman–Crippen MR) is 158 cm³/mol. The maximum absolute atomic E-state index is 13.5. The standard InChI is InChI=1S/C24H33N2O6PS2.C2H5O2/c1-7-17(23(30)26-20-15(5)13-35-22(20)24(31)32-6)33(8-2,9-3)11-18(29)25-19-14(4)12-34-21(19)16(28)10-27;1-2-4-3/h12-13,17,27H,7-11H2,1-6H3,(H-,25,26,28,29,30,31);2,4H,1H3/q;-1/p+1. The van der Waals surface area contributed by atoms with Crippen molar-refractivity contribution in [1.29, 1.82) is 0 Å². The number of anilines is 2. The molecular formula is C26H39N2O8PS2. The Bertz CT molecular complexity index is 1130. The number of carbonyl (C=O) groups is 4. The second kappa shape index (κ2) is 16.8. The van der Waals surface area contributed by atoms with E-state index in [-0.39, 0.29) is 23.6 Å². The lowest BCUT2D eigenvalue weighted by molar-refractivity contribution is -0.761. The van der Waals surface area contributed by atoms with Crippen LogP contribution in [0.3, 0.4) is 0 Å². The summed E-state index contributed by atoms with van der Waals surface area (Å²) >= 11 is 2.41. The average molecular weight is 603 g/mol. The number of amides is 2. The number of carbonyl (C=O) groups excluding carboxylic acids is 4. The summed E-state index contributed by atoms with van der Waals surface area (Å²) in [5.41, 5.74) is 2.04. The lowest BCUT2D eigenvalue weighted by Crippen LogP contribution is -2.36. The highest BCUT2D eigenvalue weighted by molar-refractivity contribution is 7.78. The summed E-state index contributed by atoms with van der Waals surface area (Å²) in [6, 6.07) is 0. The minimum absolute atomic E-state index is 0.195. The first-order valence-corrected chi connectivity index (χ1v) is 16.6. The van der Waals surface area contributed by atoms with Gasteiger partial charge in [-0.3, -0.25) is 14.4 Å². The summed E-state index contributed by atoms with van der Waals surface area (Å²) < 4.78 is 4.85. The lowest BCUT2D eigenvalue weighted by Gasteiger charge is -2.31. The first kappa shape index (κ1) is 34.8. The van der Waals surface area contributed by atoms with E-state index in [0.29, 0.717) is 39.9 Å². The molecule has 0 aliphatic rings. The van der Waals surface area contributed by atoms with Crippen molar-refractivity contribution in [2.45, 2.75) is 53.6 Å². The van der Waals surface area contributed by atoms with Crippen LogP contribution in [0.15, 0.2) is 10.8 Å². The van der Waals surface area contributed by atoms with Crippen molar-refractivity contribution < 1.29 is 39.2 Å². The molecule has 2 aromatic heterocycles. The lowest BCUT2D eigenvalue weighted by atomic mass is 10.2. The largest absolute Gasteiger partial charge is 0.588 e. The summed E-state index contributed by atoms with van der Waals surface area (Å²) in [7, 11) is -0.805. The summed E-state index contributed by atoms with van der Waals surface area (Å²) in [5, 5.41) is 27.5. The number of rotatable bonds is 13. The Balaban J connectivity index is 0.00000177. The number of aliphatic hydroxyl groups excluding tert-OH is 1. The van der Waals surface area contributed by atoms with Crippen molar-refractivity contribution in [2.75, 3.05) is 42.8 Å². The van der Waals surface area contributed by atoms with Crippen LogP contribution in [-0.2, 0) is 14.3 Å². The van der Waals surface area contributed by atoms with Crippen molar-refractivity contribution in [3.8, 4) is 0 Å². The fourth-order valence-electron chi connectivity index (χ4n) is 4.21. The fourth-order valence-corrected chi connectivity index (χ4v) is 10.1. The number of aliphatic hydroxyl groups is 2. The second-order valence-corrected chi connectivity index (χ2v) is 15.1. The van der Waals surface area contributed by atoms with E-state index in [0.717, 1.165) is 11.1 Å². The molecule has 2 rings (SSSR count). The van der Waals surface area contributed by atoms with Gasteiger partial charge in [0.15, 0.2) is 5.78 Å². The van der Waals surface area contributed by atoms with Gasteiger partial charge in [0.1, 0.15) is 23.3 Å². The Morgan fingerprint density at radius 3 is 2.00 bits per heavy atom. The van der Waals surface area contributed by atoms with Gasteiger partial charge in [-0.2, -0.15) is 0 Å². The summed E-state index contributed by atoms with van der Waals surface area (Å²) in [6.07, 6.45) is 2.14. The molecule has 0 saturated heterocycles. The van der Waals surface area contributed by atoms with E-state index in [1.807, 2.05) is 27.7 Å². The van der Waals surface area contributed by atoms with Crippen LogP contribution in [0.5, 0.6) is 0 Å². The second-order valence-electron chi connectivity index (χ2n) is 8.65. The molecule has 10 nitrogen and oxygen atoms in total. The molecule has 0 bridgehead atoms. The van der Waals surface area contributed by atoms with Crippen LogP contribution >= 0.6 is 29.9 Å². The third kappa shape index (κ3) is 8.89. The minimum Gasteiger partial charge on any atom is -0.588 e. The summed E-state index contributed by atoms with van der Waals surface area (Å²) in [5.74, 6) is -1.39. The van der Waals surface area contributed by atoms with Gasteiger partial charge in [-0.15, -0.1) is 29.6 Å². The highest BCUT2D eigenvalue weighted by atomic mass is 32.1. The van der Waals surface area contributed by atoms with Crippen molar-refractivity contribution >= 4 is 64.9 Å². The number of hydrogen-bond donors (Lipinski definition) is 3. The van der Waals surface area contributed by atoms with Gasteiger partial charge in [-0.25, -0.2) is 4.79 Å². The van der Waals surface area contributed by atoms with Gasteiger partial charge < -0.3 is 30.6 Å². The molecule has 0 saturated carbocycles. The molecule has 2 amide bonds. The molecule has 1 atom stereocenters. The number of methoxy groups -OCH3 is 1. The zero-order chi connectivity index (χ0) is 29.8. The van der Waals surface area contributed by atoms with E-state index in [1.165, 1.54) is 36.4 Å². The van der Waals surface area contributed by atoms with Gasteiger partial charge in [0, 0.05) is 7.26 Å². The van der Waals surface area contributed by atoms with Gasteiger partial charge in [0.25, 0.3) is 11.8 Å². The molecule has 4 N–H and O–H groups in total. The molecular weight excluding hydrogens is 563 g/mol. The Kier molecular flexibility index (Phi) is 15.0. The molecule has 13 heteroatoms. The van der Waals surface area contributed by atoms with Gasteiger partial charge in [0.05, 0.1) is 35.7 Å². The van der Waals surface area contributed by atoms with E-state index < -0.39 is 25.6 Å². The van der Waals surface area contributed by atoms with E-state index in [4.69, 9.17) is 9.99 Å². The quantitative estimate of drug-likeness (QED) is 0.0585. The van der Waals surface area contributed by atoms with Gasteiger partial charge in [-0.1, -0.05) is 6.92 Å². The Labute approximate surface area is 238 Å². The number of Topliss-reactive ketones (excluding diaryl/α,β-unsaturated/α-hetero) is 1. The Morgan fingerprint density at radius 2 is 1.56 bits per heavy atom. The normalized spacial score (nSPS) is 11.7. The Hall–Kier alpha value is -2.21. The van der Waals surface area contributed by atoms with Crippen LogP contribution < -0.4 is 15.9 Å². The molecule has 39 heavy (non-hydrogen) atoms. The SMILES string of the molecule is CCC(C(=O)Nc1c(C)csc1C(=O)OC)[P+](CC)(CC)CC(=O)Nc1c(C)csc1C(=O)CO.C[CH-][OH+][O-]. The van der Waals surface area contributed by atoms with E-state index in [9.17, 15) is 24.3 Å².